The van der Waals surface area contributed by atoms with Gasteiger partial charge in [-0.2, -0.15) is 0 Å². The maximum Gasteiger partial charge on any atom is 0.0949 e. The van der Waals surface area contributed by atoms with Crippen LogP contribution in [0.1, 0.15) is 60.5 Å². The fourth-order valence-electron chi connectivity index (χ4n) is 2.41. The predicted octanol–water partition coefficient (Wildman–Crippen LogP) is 6.84. The lowest BCUT2D eigenvalue weighted by Gasteiger charge is -1.95. The van der Waals surface area contributed by atoms with Crippen LogP contribution in [0.2, 0.25) is 0 Å². The monoisotopic (exact) mass is 416 g/mol. The lowest BCUT2D eigenvalue weighted by molar-refractivity contribution is 0.737. The van der Waals surface area contributed by atoms with Crippen LogP contribution in [0.5, 0.6) is 0 Å². The van der Waals surface area contributed by atoms with Crippen molar-refractivity contribution < 1.29 is 0 Å². The number of hydrogen-bond acceptors (Lipinski definition) is 3. The van der Waals surface area contributed by atoms with Crippen LogP contribution < -0.4 is 0 Å². The Balaban J connectivity index is -0.000000345. The quantitative estimate of drug-likeness (QED) is 0.389. The summed E-state index contributed by atoms with van der Waals surface area (Å²) in [5.41, 5.74) is 5.72. The SMILES string of the molecule is C.C.C.C.CCn1cnc(C)c1.CCn1cncc1C.Cc1ccc2nc[nH]c2c1. The summed E-state index contributed by atoms with van der Waals surface area (Å²) in [6.07, 6.45) is 9.29. The molecule has 0 aliphatic carbocycles. The van der Waals surface area contributed by atoms with E-state index < -0.39 is 0 Å². The van der Waals surface area contributed by atoms with Gasteiger partial charge < -0.3 is 14.1 Å². The number of fused-ring (bicyclic) bond motifs is 1. The Morgan fingerprint density at radius 3 is 2.03 bits per heavy atom. The molecule has 1 N–H and O–H groups in total. The zero-order valence-corrected chi connectivity index (χ0v) is 16.3. The van der Waals surface area contributed by atoms with E-state index in [1.807, 2.05) is 38.0 Å². The van der Waals surface area contributed by atoms with Gasteiger partial charge in [-0.15, -0.1) is 0 Å². The van der Waals surface area contributed by atoms with E-state index >= 15 is 0 Å². The molecule has 0 saturated carbocycles. The molecule has 0 fully saturated rings. The average molecular weight is 417 g/mol. The molecule has 30 heavy (non-hydrogen) atoms. The Morgan fingerprint density at radius 2 is 1.60 bits per heavy atom. The van der Waals surface area contributed by atoms with Crippen molar-refractivity contribution in [3.63, 3.8) is 0 Å². The first-order chi connectivity index (χ1) is 12.5. The molecule has 6 nitrogen and oxygen atoms in total. The molecular formula is C24H44N6. The van der Waals surface area contributed by atoms with Gasteiger partial charge >= 0.3 is 0 Å². The van der Waals surface area contributed by atoms with Gasteiger partial charge in [-0.05, 0) is 52.3 Å². The fourth-order valence-corrected chi connectivity index (χ4v) is 2.41. The van der Waals surface area contributed by atoms with E-state index in [1.54, 1.807) is 6.33 Å². The molecule has 0 radical (unpaired) electrons. The van der Waals surface area contributed by atoms with Crippen molar-refractivity contribution in [1.82, 2.24) is 29.1 Å². The molecule has 0 bridgehead atoms. The molecule has 0 saturated heterocycles. The first-order valence-electron chi connectivity index (χ1n) is 8.88. The van der Waals surface area contributed by atoms with E-state index in [4.69, 9.17) is 0 Å². The van der Waals surface area contributed by atoms with Crippen LogP contribution in [0, 0.1) is 20.8 Å². The number of nitrogens with zero attached hydrogens (tertiary/aromatic N) is 5. The number of aromatic amines is 1. The van der Waals surface area contributed by atoms with Crippen LogP contribution in [0.4, 0.5) is 0 Å². The van der Waals surface area contributed by atoms with Gasteiger partial charge in [0.1, 0.15) is 0 Å². The maximum atomic E-state index is 4.10. The van der Waals surface area contributed by atoms with Gasteiger partial charge in [-0.3, -0.25) is 0 Å². The van der Waals surface area contributed by atoms with Crippen LogP contribution in [0.25, 0.3) is 11.0 Å². The fraction of sp³-hybridized carbons (Fsp3) is 0.458. The Hall–Kier alpha value is -2.89. The topological polar surface area (TPSA) is 64.3 Å². The Labute approximate surface area is 184 Å². The third kappa shape index (κ3) is 9.54. The molecule has 0 aliphatic rings. The molecule has 0 atom stereocenters. The number of nitrogens with one attached hydrogen (secondary N) is 1. The number of aromatic nitrogens is 6. The lowest BCUT2D eigenvalue weighted by atomic mass is 10.2. The Kier molecular flexibility index (Phi) is 16.9. The van der Waals surface area contributed by atoms with E-state index in [0.717, 1.165) is 29.8 Å². The third-order valence-corrected chi connectivity index (χ3v) is 3.96. The second-order valence-corrected chi connectivity index (χ2v) is 6.09. The predicted molar refractivity (Wildman–Crippen MR) is 133 cm³/mol. The van der Waals surface area contributed by atoms with E-state index in [1.165, 1.54) is 11.3 Å². The van der Waals surface area contributed by atoms with Gasteiger partial charge in [0.25, 0.3) is 0 Å². The van der Waals surface area contributed by atoms with Crippen LogP contribution in [-0.4, -0.2) is 29.1 Å². The summed E-state index contributed by atoms with van der Waals surface area (Å²) in [6, 6.07) is 6.16. The molecule has 4 rings (SSSR count). The van der Waals surface area contributed by atoms with Crippen molar-refractivity contribution in [1.29, 1.82) is 0 Å². The molecule has 4 aromatic rings. The molecule has 0 unspecified atom stereocenters. The van der Waals surface area contributed by atoms with Crippen molar-refractivity contribution in [3.8, 4) is 0 Å². The first-order valence-corrected chi connectivity index (χ1v) is 8.88. The highest BCUT2D eigenvalue weighted by Gasteiger charge is 1.92. The molecule has 0 amide bonds. The van der Waals surface area contributed by atoms with E-state index in [0.29, 0.717) is 0 Å². The normalized spacial score (nSPS) is 8.70. The number of rotatable bonds is 2. The van der Waals surface area contributed by atoms with E-state index in [-0.39, 0.29) is 29.7 Å². The van der Waals surface area contributed by atoms with Gasteiger partial charge in [0.2, 0.25) is 0 Å². The van der Waals surface area contributed by atoms with Crippen LogP contribution >= 0.6 is 0 Å². The van der Waals surface area contributed by atoms with E-state index in [9.17, 15) is 0 Å². The van der Waals surface area contributed by atoms with Gasteiger partial charge in [0.05, 0.1) is 35.7 Å². The van der Waals surface area contributed by atoms with Gasteiger partial charge in [0.15, 0.2) is 0 Å². The zero-order valence-electron chi connectivity index (χ0n) is 16.3. The molecule has 6 heteroatoms. The Morgan fingerprint density at radius 1 is 0.900 bits per heavy atom. The van der Waals surface area contributed by atoms with Crippen molar-refractivity contribution >= 4 is 11.0 Å². The summed E-state index contributed by atoms with van der Waals surface area (Å²) in [6.45, 7) is 12.4. The van der Waals surface area contributed by atoms with E-state index in [2.05, 4.69) is 68.9 Å². The summed E-state index contributed by atoms with van der Waals surface area (Å²) in [5, 5.41) is 0. The summed E-state index contributed by atoms with van der Waals surface area (Å²) >= 11 is 0. The number of benzene rings is 1. The lowest BCUT2D eigenvalue weighted by Crippen LogP contribution is -1.92. The maximum absolute atomic E-state index is 4.10. The van der Waals surface area contributed by atoms with Crippen molar-refractivity contribution in [3.05, 3.63) is 66.5 Å². The van der Waals surface area contributed by atoms with Gasteiger partial charge in [-0.25, -0.2) is 15.0 Å². The van der Waals surface area contributed by atoms with Gasteiger partial charge in [0, 0.05) is 31.2 Å². The minimum absolute atomic E-state index is 0. The number of H-pyrrole nitrogens is 1. The molecular weight excluding hydrogens is 372 g/mol. The largest absolute Gasteiger partial charge is 0.345 e. The van der Waals surface area contributed by atoms with Crippen LogP contribution in [0.3, 0.4) is 0 Å². The molecule has 3 aromatic heterocycles. The van der Waals surface area contributed by atoms with Crippen LogP contribution in [-0.2, 0) is 13.1 Å². The first kappa shape index (κ1) is 31.8. The summed E-state index contributed by atoms with van der Waals surface area (Å²) in [5.74, 6) is 0. The molecule has 170 valence electrons. The highest BCUT2D eigenvalue weighted by atomic mass is 15.0. The molecule has 0 aliphatic heterocycles. The molecule has 1 aromatic carbocycles. The van der Waals surface area contributed by atoms with Crippen molar-refractivity contribution in [2.75, 3.05) is 0 Å². The third-order valence-electron chi connectivity index (χ3n) is 3.96. The number of hydrogen-bond donors (Lipinski definition) is 1. The smallest absolute Gasteiger partial charge is 0.0949 e. The average Bonchev–Trinajstić information content (AvgIpc) is 3.36. The standard InChI is InChI=1S/C8H8N2.2C6H10N2.4CH4/c1-6-2-3-7-8(4-6)10-5-9-7;1-3-8-4-6(2)7-5-8;1-3-8-5-7-4-6(8)2;;;;/h2-5H,1H3,(H,9,10);2*4-5H,3H2,1-2H3;4*1H4. The van der Waals surface area contributed by atoms with Gasteiger partial charge in [-0.1, -0.05) is 35.8 Å². The van der Waals surface area contributed by atoms with Crippen LogP contribution in [0.15, 0.2) is 49.6 Å². The Bertz CT molecular complexity index is 916. The molecule has 3 heterocycles. The minimum Gasteiger partial charge on any atom is -0.345 e. The zero-order chi connectivity index (χ0) is 18.9. The summed E-state index contributed by atoms with van der Waals surface area (Å²) < 4.78 is 4.15. The highest BCUT2D eigenvalue weighted by molar-refractivity contribution is 5.74. The number of imidazole rings is 3. The second kappa shape index (κ2) is 16.0. The summed E-state index contributed by atoms with van der Waals surface area (Å²) in [4.78, 5) is 15.2. The number of aryl methyl sites for hydroxylation is 5. The summed E-state index contributed by atoms with van der Waals surface area (Å²) in [7, 11) is 0. The second-order valence-electron chi connectivity index (χ2n) is 6.09. The highest BCUT2D eigenvalue weighted by Crippen LogP contribution is 2.09. The van der Waals surface area contributed by atoms with Crippen molar-refractivity contribution in [2.45, 2.75) is 77.4 Å². The molecule has 0 spiro atoms. The van der Waals surface area contributed by atoms with Crippen molar-refractivity contribution in [2.24, 2.45) is 0 Å². The minimum atomic E-state index is 0.